The van der Waals surface area contributed by atoms with Gasteiger partial charge in [-0.1, -0.05) is 6.07 Å². The number of fused-ring (bicyclic) bond motifs is 1. The van der Waals surface area contributed by atoms with Gasteiger partial charge in [-0.3, -0.25) is 19.6 Å². The fourth-order valence-electron chi connectivity index (χ4n) is 5.39. The van der Waals surface area contributed by atoms with Crippen LogP contribution in [0.4, 0.5) is 45.2 Å². The summed E-state index contributed by atoms with van der Waals surface area (Å²) in [6, 6.07) is 4.49. The highest BCUT2D eigenvalue weighted by Crippen LogP contribution is 2.43. The largest absolute Gasteiger partial charge is 0.509 e. The van der Waals surface area contributed by atoms with Crippen molar-refractivity contribution in [3.05, 3.63) is 94.3 Å². The lowest BCUT2D eigenvalue weighted by Crippen LogP contribution is -2.60. The molecule has 0 radical (unpaired) electrons. The van der Waals surface area contributed by atoms with E-state index in [4.69, 9.17) is 0 Å². The van der Waals surface area contributed by atoms with Crippen LogP contribution in [0.5, 0.6) is 0 Å². The van der Waals surface area contributed by atoms with E-state index in [-0.39, 0.29) is 18.5 Å². The molecule has 2 amide bonds. The van der Waals surface area contributed by atoms with Gasteiger partial charge in [-0.15, -0.1) is 0 Å². The molecular formula is C29H21F9N4O3. The number of anilines is 1. The van der Waals surface area contributed by atoms with Crippen molar-refractivity contribution in [2.24, 2.45) is 0 Å². The molecular weight excluding hydrogens is 623 g/mol. The molecule has 2 N–H and O–H groups in total. The van der Waals surface area contributed by atoms with Crippen molar-refractivity contribution in [2.75, 3.05) is 11.9 Å². The molecule has 45 heavy (non-hydrogen) atoms. The number of rotatable bonds is 5. The topological polar surface area (TPSA) is 85.8 Å². The quantitative estimate of drug-likeness (QED) is 0.182. The van der Waals surface area contributed by atoms with Gasteiger partial charge < -0.3 is 10.4 Å². The first-order valence-corrected chi connectivity index (χ1v) is 13.1. The molecule has 3 heterocycles. The second kappa shape index (κ2) is 11.1. The Morgan fingerprint density at radius 1 is 1.00 bits per heavy atom. The molecule has 2 aliphatic rings. The SMILES string of the molecule is C[C@]12CCCN1N(Cc1c(F)ccc(F)c1F)C(=O)C(C(=O)Nc1ccc(C(F)(F)F)cc1-c1ccc(C(F)(F)F)nc1)=C2O. The number of halogens is 9. The van der Waals surface area contributed by atoms with E-state index in [1.165, 1.54) is 11.9 Å². The van der Waals surface area contributed by atoms with Crippen LogP contribution in [0.1, 0.15) is 36.6 Å². The lowest BCUT2D eigenvalue weighted by molar-refractivity contribution is -0.160. The zero-order valence-electron chi connectivity index (χ0n) is 23.0. The number of hydrazine groups is 1. The van der Waals surface area contributed by atoms with Gasteiger partial charge >= 0.3 is 12.4 Å². The van der Waals surface area contributed by atoms with E-state index in [0.29, 0.717) is 42.9 Å². The minimum atomic E-state index is -4.89. The molecule has 16 heteroatoms. The Morgan fingerprint density at radius 3 is 2.31 bits per heavy atom. The van der Waals surface area contributed by atoms with Crippen LogP contribution >= 0.6 is 0 Å². The molecule has 3 aromatic rings. The number of aromatic nitrogens is 1. The molecule has 1 aromatic heterocycles. The van der Waals surface area contributed by atoms with E-state index >= 15 is 0 Å². The van der Waals surface area contributed by atoms with Crippen molar-refractivity contribution in [1.82, 2.24) is 15.0 Å². The zero-order chi connectivity index (χ0) is 33.1. The van der Waals surface area contributed by atoms with Crippen LogP contribution in [0.15, 0.2) is 60.0 Å². The number of pyridine rings is 1. The lowest BCUT2D eigenvalue weighted by atomic mass is 9.90. The summed E-state index contributed by atoms with van der Waals surface area (Å²) < 4.78 is 123. The maximum absolute atomic E-state index is 14.6. The van der Waals surface area contributed by atoms with Gasteiger partial charge in [0, 0.05) is 35.1 Å². The average Bonchev–Trinajstić information content (AvgIpc) is 3.37. The molecule has 0 bridgehead atoms. The molecule has 238 valence electrons. The summed E-state index contributed by atoms with van der Waals surface area (Å²) >= 11 is 0. The van der Waals surface area contributed by atoms with Gasteiger partial charge in [0.15, 0.2) is 11.6 Å². The summed E-state index contributed by atoms with van der Waals surface area (Å²) in [6.45, 7) is 0.665. The second-order valence-electron chi connectivity index (χ2n) is 10.6. The van der Waals surface area contributed by atoms with Crippen LogP contribution in [0.3, 0.4) is 0 Å². The Balaban J connectivity index is 1.55. The number of amides is 2. The maximum atomic E-state index is 14.6. The van der Waals surface area contributed by atoms with Crippen LogP contribution in [-0.4, -0.2) is 44.0 Å². The number of hydrogen-bond donors (Lipinski definition) is 2. The molecule has 1 atom stereocenters. The second-order valence-corrected chi connectivity index (χ2v) is 10.6. The smallest absolute Gasteiger partial charge is 0.433 e. The Labute approximate surface area is 248 Å². The van der Waals surface area contributed by atoms with E-state index < -0.39 is 93.1 Å². The molecule has 2 aromatic carbocycles. The zero-order valence-corrected chi connectivity index (χ0v) is 23.0. The summed E-state index contributed by atoms with van der Waals surface area (Å²) in [7, 11) is 0. The van der Waals surface area contributed by atoms with E-state index in [1.54, 1.807) is 0 Å². The Morgan fingerprint density at radius 2 is 1.69 bits per heavy atom. The summed E-state index contributed by atoms with van der Waals surface area (Å²) in [5.74, 6) is -7.49. The highest BCUT2D eigenvalue weighted by molar-refractivity contribution is 6.24. The van der Waals surface area contributed by atoms with Gasteiger partial charge in [-0.05, 0) is 56.2 Å². The first-order valence-electron chi connectivity index (χ1n) is 13.1. The van der Waals surface area contributed by atoms with Crippen molar-refractivity contribution < 1.29 is 54.2 Å². The van der Waals surface area contributed by atoms with Crippen LogP contribution in [0.25, 0.3) is 11.1 Å². The molecule has 0 saturated carbocycles. The van der Waals surface area contributed by atoms with E-state index in [0.717, 1.165) is 17.1 Å². The molecule has 2 aliphatic heterocycles. The average molecular weight is 644 g/mol. The third kappa shape index (κ3) is 5.69. The predicted molar refractivity (Wildman–Crippen MR) is 139 cm³/mol. The first kappa shape index (κ1) is 31.8. The van der Waals surface area contributed by atoms with Crippen molar-refractivity contribution in [3.8, 4) is 11.1 Å². The molecule has 0 aliphatic carbocycles. The number of aliphatic hydroxyl groups excluding tert-OH is 1. The molecule has 1 fully saturated rings. The minimum Gasteiger partial charge on any atom is -0.509 e. The fraction of sp³-hybridized carbons (Fsp3) is 0.276. The summed E-state index contributed by atoms with van der Waals surface area (Å²) in [5.41, 5.74) is -6.81. The molecule has 0 spiro atoms. The van der Waals surface area contributed by atoms with Gasteiger partial charge in [0.1, 0.15) is 22.8 Å². The van der Waals surface area contributed by atoms with Gasteiger partial charge in [0.25, 0.3) is 11.8 Å². The third-order valence-electron chi connectivity index (χ3n) is 7.72. The van der Waals surface area contributed by atoms with Crippen molar-refractivity contribution in [3.63, 3.8) is 0 Å². The van der Waals surface area contributed by atoms with Crippen molar-refractivity contribution >= 4 is 17.5 Å². The standard InChI is InChI=1S/C29H21F9N4O3/c1-27-9-2-10-42(27)41(13-17-18(30)5-6-19(31)23(17)32)26(45)22(24(27)43)25(44)40-20-7-4-15(28(33,34)35)11-16(20)14-3-8-21(39-12-14)29(36,37)38/h3-8,11-12,43H,2,9-10,13H2,1H3,(H,40,44)/t27-/m1/s1. The summed E-state index contributed by atoms with van der Waals surface area (Å²) in [6.07, 6.45) is -8.56. The molecule has 0 unspecified atom stereocenters. The number of alkyl halides is 6. The number of benzene rings is 2. The Bertz CT molecular complexity index is 1720. The number of hydrogen-bond acceptors (Lipinski definition) is 5. The van der Waals surface area contributed by atoms with Crippen LogP contribution < -0.4 is 5.32 Å². The number of aliphatic hydroxyl groups is 1. The monoisotopic (exact) mass is 644 g/mol. The van der Waals surface area contributed by atoms with Crippen LogP contribution in [0.2, 0.25) is 0 Å². The van der Waals surface area contributed by atoms with Gasteiger partial charge in [-0.25, -0.2) is 18.2 Å². The molecule has 7 nitrogen and oxygen atoms in total. The van der Waals surface area contributed by atoms with Crippen LogP contribution in [-0.2, 0) is 28.5 Å². The highest BCUT2D eigenvalue weighted by Gasteiger charge is 2.53. The van der Waals surface area contributed by atoms with Gasteiger partial charge in [-0.2, -0.15) is 26.3 Å². The highest BCUT2D eigenvalue weighted by atomic mass is 19.4. The maximum Gasteiger partial charge on any atom is 0.433 e. The van der Waals surface area contributed by atoms with Crippen molar-refractivity contribution in [2.45, 2.75) is 44.2 Å². The minimum absolute atomic E-state index is 0.101. The van der Waals surface area contributed by atoms with Gasteiger partial charge in [0.2, 0.25) is 0 Å². The molecule has 5 rings (SSSR count). The van der Waals surface area contributed by atoms with E-state index in [1.807, 2.05) is 0 Å². The van der Waals surface area contributed by atoms with E-state index in [9.17, 15) is 54.2 Å². The normalized spacial score (nSPS) is 19.2. The fourth-order valence-corrected chi connectivity index (χ4v) is 5.39. The summed E-state index contributed by atoms with van der Waals surface area (Å²) in [5, 5.41) is 15.4. The number of nitrogens with one attached hydrogen (secondary N) is 1. The first-order chi connectivity index (χ1) is 20.9. The van der Waals surface area contributed by atoms with E-state index in [2.05, 4.69) is 10.3 Å². The third-order valence-corrected chi connectivity index (χ3v) is 7.72. The van der Waals surface area contributed by atoms with Crippen LogP contribution in [0, 0.1) is 17.5 Å². The molecule has 1 saturated heterocycles. The number of carbonyl (C=O) groups is 2. The van der Waals surface area contributed by atoms with Crippen molar-refractivity contribution in [1.29, 1.82) is 0 Å². The Kier molecular flexibility index (Phi) is 7.84. The Hall–Kier alpha value is -4.60. The summed E-state index contributed by atoms with van der Waals surface area (Å²) in [4.78, 5) is 30.4. The lowest BCUT2D eigenvalue weighted by Gasteiger charge is -2.46. The number of carbonyl (C=O) groups excluding carboxylic acids is 2. The van der Waals surface area contributed by atoms with Gasteiger partial charge in [0.05, 0.1) is 17.6 Å². The number of nitrogens with zero attached hydrogens (tertiary/aromatic N) is 3. The predicted octanol–water partition coefficient (Wildman–Crippen LogP) is 6.77.